The molecule has 154 valence electrons. The Labute approximate surface area is 174 Å². The van der Waals surface area contributed by atoms with Gasteiger partial charge in [-0.05, 0) is 41.8 Å². The third kappa shape index (κ3) is 3.81. The Bertz CT molecular complexity index is 848. The molecule has 4 rings (SSSR count). The fraction of sp³-hybridized carbons (Fsp3) is 0.500. The van der Waals surface area contributed by atoms with Crippen LogP contribution in [0, 0.1) is 6.92 Å². The Kier molecular flexibility index (Phi) is 5.70. The Morgan fingerprint density at radius 1 is 1.10 bits per heavy atom. The van der Waals surface area contributed by atoms with E-state index in [4.69, 9.17) is 0 Å². The molecule has 0 spiro atoms. The lowest BCUT2D eigenvalue weighted by atomic mass is 9.90. The predicted molar refractivity (Wildman–Crippen MR) is 116 cm³/mol. The summed E-state index contributed by atoms with van der Waals surface area (Å²) < 4.78 is 0. The van der Waals surface area contributed by atoms with Crippen LogP contribution in [0.1, 0.15) is 29.2 Å². The fourth-order valence-corrected chi connectivity index (χ4v) is 4.96. The van der Waals surface area contributed by atoms with Crippen LogP contribution >= 0.6 is 0 Å². The first kappa shape index (κ1) is 20.0. The highest BCUT2D eigenvalue weighted by molar-refractivity contribution is 5.88. The van der Waals surface area contributed by atoms with E-state index in [9.17, 15) is 4.79 Å². The van der Waals surface area contributed by atoms with Crippen molar-refractivity contribution in [3.8, 4) is 0 Å². The zero-order valence-electron chi connectivity index (χ0n) is 17.9. The van der Waals surface area contributed by atoms with Crippen LogP contribution in [0.3, 0.4) is 0 Å². The van der Waals surface area contributed by atoms with Crippen molar-refractivity contribution in [2.24, 2.45) is 0 Å². The molecule has 2 aromatic rings. The van der Waals surface area contributed by atoms with Gasteiger partial charge in [0.1, 0.15) is 5.54 Å². The molecule has 1 fully saturated rings. The van der Waals surface area contributed by atoms with Crippen LogP contribution in [0.2, 0.25) is 0 Å². The third-order valence-corrected chi connectivity index (χ3v) is 6.80. The number of aromatic nitrogens is 1. The average Bonchev–Trinajstić information content (AvgIpc) is 3.15. The lowest BCUT2D eigenvalue weighted by molar-refractivity contribution is -0.145. The summed E-state index contributed by atoms with van der Waals surface area (Å²) in [6.45, 7) is 9.96. The molecule has 2 heterocycles. The average molecular weight is 393 g/mol. The van der Waals surface area contributed by atoms with E-state index in [-0.39, 0.29) is 5.91 Å². The molecule has 1 aromatic carbocycles. The van der Waals surface area contributed by atoms with Crippen molar-refractivity contribution in [3.63, 3.8) is 0 Å². The monoisotopic (exact) mass is 392 g/mol. The minimum absolute atomic E-state index is 0.245. The van der Waals surface area contributed by atoms with Crippen molar-refractivity contribution < 1.29 is 4.79 Å². The summed E-state index contributed by atoms with van der Waals surface area (Å²) in [6, 6.07) is 10.6. The van der Waals surface area contributed by atoms with Crippen LogP contribution in [-0.2, 0) is 24.2 Å². The van der Waals surface area contributed by atoms with E-state index >= 15 is 0 Å². The second-order valence-electron chi connectivity index (χ2n) is 8.54. The fourth-order valence-electron chi connectivity index (χ4n) is 4.96. The molecule has 0 atom stereocenters. The number of aryl methyl sites for hydroxylation is 1. The molecule has 0 bridgehead atoms. The van der Waals surface area contributed by atoms with Gasteiger partial charge in [-0.3, -0.25) is 14.7 Å². The van der Waals surface area contributed by atoms with Gasteiger partial charge in [-0.15, -0.1) is 0 Å². The molecular weight excluding hydrogens is 360 g/mol. The van der Waals surface area contributed by atoms with Crippen LogP contribution in [0.15, 0.2) is 42.7 Å². The number of amides is 1. The first-order valence-electron chi connectivity index (χ1n) is 10.7. The van der Waals surface area contributed by atoms with E-state index < -0.39 is 5.54 Å². The smallest absolute Gasteiger partial charge is 0.243 e. The maximum Gasteiger partial charge on any atom is 0.243 e. The molecule has 1 amide bonds. The number of rotatable bonds is 5. The summed E-state index contributed by atoms with van der Waals surface area (Å²) in [4.78, 5) is 25.0. The van der Waals surface area contributed by atoms with E-state index in [2.05, 4.69) is 52.9 Å². The standard InChI is InChI=1S/C24H32N4O/c1-4-27-11-13-28(14-12-27)24(15-20-7-5-6-8-21(20)16-24)23(29)26(3)18-22-9-10-25-17-19(22)2/h5-10,17H,4,11-16,18H2,1-3H3. The molecule has 0 saturated carbocycles. The van der Waals surface area contributed by atoms with Gasteiger partial charge >= 0.3 is 0 Å². The van der Waals surface area contributed by atoms with Gasteiger partial charge in [-0.1, -0.05) is 31.2 Å². The SMILES string of the molecule is CCN1CCN(C2(C(=O)N(C)Cc3ccncc3C)Cc3ccccc3C2)CC1. The van der Waals surface area contributed by atoms with Gasteiger partial charge in [-0.25, -0.2) is 0 Å². The number of carbonyl (C=O) groups is 1. The van der Waals surface area contributed by atoms with Gasteiger partial charge in [0.05, 0.1) is 0 Å². The quantitative estimate of drug-likeness (QED) is 0.784. The maximum atomic E-state index is 14.0. The van der Waals surface area contributed by atoms with Crippen LogP contribution in [0.25, 0.3) is 0 Å². The number of piperazine rings is 1. The Morgan fingerprint density at radius 3 is 2.34 bits per heavy atom. The number of hydrogen-bond donors (Lipinski definition) is 0. The van der Waals surface area contributed by atoms with Crippen molar-refractivity contribution in [1.29, 1.82) is 0 Å². The highest BCUT2D eigenvalue weighted by Crippen LogP contribution is 2.37. The van der Waals surface area contributed by atoms with Gasteiger partial charge in [0.25, 0.3) is 0 Å². The van der Waals surface area contributed by atoms with E-state index in [1.165, 1.54) is 11.1 Å². The molecule has 0 unspecified atom stereocenters. The topological polar surface area (TPSA) is 39.7 Å². The molecule has 0 N–H and O–H groups in total. The number of pyridine rings is 1. The summed E-state index contributed by atoms with van der Waals surface area (Å²) in [5.74, 6) is 0.245. The van der Waals surface area contributed by atoms with Gasteiger partial charge in [0.2, 0.25) is 5.91 Å². The predicted octanol–water partition coefficient (Wildman–Crippen LogP) is 2.52. The largest absolute Gasteiger partial charge is 0.340 e. The summed E-state index contributed by atoms with van der Waals surface area (Å²) in [5, 5.41) is 0. The van der Waals surface area contributed by atoms with Crippen molar-refractivity contribution in [2.45, 2.75) is 38.8 Å². The summed E-state index contributed by atoms with van der Waals surface area (Å²) in [5.41, 5.74) is 4.49. The number of hydrogen-bond acceptors (Lipinski definition) is 4. The normalized spacial score (nSPS) is 19.1. The maximum absolute atomic E-state index is 14.0. The molecule has 1 aliphatic carbocycles. The molecule has 2 aliphatic rings. The molecule has 1 aliphatic heterocycles. The Morgan fingerprint density at radius 2 is 1.76 bits per heavy atom. The van der Waals surface area contributed by atoms with E-state index in [1.807, 2.05) is 30.4 Å². The van der Waals surface area contributed by atoms with Gasteiger partial charge in [0, 0.05) is 65.0 Å². The zero-order chi connectivity index (χ0) is 20.4. The summed E-state index contributed by atoms with van der Waals surface area (Å²) in [7, 11) is 1.95. The first-order valence-corrected chi connectivity index (χ1v) is 10.7. The molecule has 29 heavy (non-hydrogen) atoms. The van der Waals surface area contributed by atoms with Gasteiger partial charge in [-0.2, -0.15) is 0 Å². The molecule has 0 radical (unpaired) electrons. The molecular formula is C24H32N4O. The van der Waals surface area contributed by atoms with Gasteiger partial charge < -0.3 is 9.80 Å². The second kappa shape index (κ2) is 8.25. The van der Waals surface area contributed by atoms with E-state index in [1.54, 1.807) is 0 Å². The summed E-state index contributed by atoms with van der Waals surface area (Å²) in [6.07, 6.45) is 5.31. The van der Waals surface area contributed by atoms with E-state index in [0.29, 0.717) is 6.54 Å². The number of likely N-dealkylation sites (N-methyl/N-ethyl adjacent to an activating group) is 2. The van der Waals surface area contributed by atoms with Gasteiger partial charge in [0.15, 0.2) is 0 Å². The number of benzene rings is 1. The molecule has 5 heteroatoms. The minimum atomic E-state index is -0.459. The minimum Gasteiger partial charge on any atom is -0.340 e. The molecule has 1 saturated heterocycles. The second-order valence-corrected chi connectivity index (χ2v) is 8.54. The van der Waals surface area contributed by atoms with Crippen molar-refractivity contribution in [3.05, 3.63) is 65.0 Å². The Hall–Kier alpha value is -2.24. The first-order chi connectivity index (χ1) is 14.0. The lowest BCUT2D eigenvalue weighted by Gasteiger charge is -2.46. The van der Waals surface area contributed by atoms with E-state index in [0.717, 1.165) is 56.7 Å². The number of nitrogens with zero attached hydrogens (tertiary/aromatic N) is 4. The molecule has 5 nitrogen and oxygen atoms in total. The van der Waals surface area contributed by atoms with Crippen LogP contribution < -0.4 is 0 Å². The summed E-state index contributed by atoms with van der Waals surface area (Å²) >= 11 is 0. The van der Waals surface area contributed by atoms with Crippen molar-refractivity contribution in [1.82, 2.24) is 19.7 Å². The van der Waals surface area contributed by atoms with Crippen LogP contribution in [0.4, 0.5) is 0 Å². The number of fused-ring (bicyclic) bond motifs is 1. The number of carbonyl (C=O) groups excluding carboxylic acids is 1. The lowest BCUT2D eigenvalue weighted by Crippen LogP contribution is -2.64. The van der Waals surface area contributed by atoms with Crippen LogP contribution in [0.5, 0.6) is 0 Å². The highest BCUT2D eigenvalue weighted by Gasteiger charge is 2.50. The van der Waals surface area contributed by atoms with Crippen molar-refractivity contribution >= 4 is 5.91 Å². The highest BCUT2D eigenvalue weighted by atomic mass is 16.2. The molecule has 1 aromatic heterocycles. The van der Waals surface area contributed by atoms with Crippen LogP contribution in [-0.4, -0.2) is 70.9 Å². The van der Waals surface area contributed by atoms with Crippen molar-refractivity contribution in [2.75, 3.05) is 39.8 Å². The zero-order valence-corrected chi connectivity index (χ0v) is 17.9. The third-order valence-electron chi connectivity index (χ3n) is 6.80. The Balaban J connectivity index is 1.61.